The Hall–Kier alpha value is -0.200. The molecule has 13 heavy (non-hydrogen) atoms. The first-order chi connectivity index (χ1) is 5.95. The molecule has 1 aliphatic rings. The molecule has 0 unspecified atom stereocenters. The van der Waals surface area contributed by atoms with Crippen LogP contribution in [0.3, 0.4) is 0 Å². The zero-order valence-electron chi connectivity index (χ0n) is 6.76. The van der Waals surface area contributed by atoms with E-state index in [1.807, 2.05) is 0 Å². The molecular formula is C7H9BrFNO2S. The Labute approximate surface area is 84.7 Å². The Bertz CT molecular complexity index is 372. The Morgan fingerprint density at radius 2 is 2.15 bits per heavy atom. The fraction of sp³-hybridized carbons (Fsp3) is 0.429. The van der Waals surface area contributed by atoms with Gasteiger partial charge in [0, 0.05) is 5.33 Å². The molecule has 0 aromatic heterocycles. The molecule has 0 aromatic rings. The minimum atomic E-state index is -3.86. The van der Waals surface area contributed by atoms with E-state index in [4.69, 9.17) is 5.14 Å². The largest absolute Gasteiger partial charge is 0.237 e. The molecule has 0 atom stereocenters. The van der Waals surface area contributed by atoms with E-state index >= 15 is 0 Å². The van der Waals surface area contributed by atoms with Crippen molar-refractivity contribution in [2.45, 2.75) is 12.8 Å². The van der Waals surface area contributed by atoms with Crippen LogP contribution in [0.1, 0.15) is 12.8 Å². The van der Waals surface area contributed by atoms with Crippen LogP contribution < -0.4 is 5.14 Å². The molecule has 0 aromatic carbocycles. The Morgan fingerprint density at radius 3 is 2.54 bits per heavy atom. The second-order valence-electron chi connectivity index (χ2n) is 2.75. The topological polar surface area (TPSA) is 60.2 Å². The van der Waals surface area contributed by atoms with Crippen molar-refractivity contribution in [1.29, 1.82) is 0 Å². The summed E-state index contributed by atoms with van der Waals surface area (Å²) in [6.07, 6.45) is 1.91. The number of nitrogens with two attached hydrogens (primary N) is 1. The maximum atomic E-state index is 13.1. The summed E-state index contributed by atoms with van der Waals surface area (Å²) in [4.78, 5) is -0.294. The second kappa shape index (κ2) is 3.89. The smallest absolute Gasteiger partial charge is 0.225 e. The molecule has 0 fully saturated rings. The minimum absolute atomic E-state index is 0.155. The molecule has 6 heteroatoms. The zero-order chi connectivity index (χ0) is 10.1. The van der Waals surface area contributed by atoms with E-state index in [1.165, 1.54) is 6.08 Å². The lowest BCUT2D eigenvalue weighted by molar-refractivity contribution is 0.591. The van der Waals surface area contributed by atoms with Gasteiger partial charge in [-0.3, -0.25) is 0 Å². The highest BCUT2D eigenvalue weighted by Gasteiger charge is 2.21. The number of allylic oxidation sites excluding steroid dienone is 4. The van der Waals surface area contributed by atoms with Crippen LogP contribution in [0.2, 0.25) is 0 Å². The van der Waals surface area contributed by atoms with Gasteiger partial charge in [0.1, 0.15) is 5.83 Å². The number of primary sulfonamides is 1. The van der Waals surface area contributed by atoms with Crippen molar-refractivity contribution in [2.75, 3.05) is 5.33 Å². The monoisotopic (exact) mass is 269 g/mol. The molecule has 0 spiro atoms. The molecule has 0 heterocycles. The van der Waals surface area contributed by atoms with Crippen LogP contribution in [-0.4, -0.2) is 13.7 Å². The van der Waals surface area contributed by atoms with Gasteiger partial charge >= 0.3 is 0 Å². The molecule has 0 amide bonds. The van der Waals surface area contributed by atoms with Gasteiger partial charge in [0.25, 0.3) is 0 Å². The standard InChI is InChI=1S/C7H9BrFNO2S/c8-4-5-1-2-7(6(9)3-5)13(10,11)12/h3H,1-2,4H2,(H2,10,11,12). The van der Waals surface area contributed by atoms with E-state index in [9.17, 15) is 12.8 Å². The van der Waals surface area contributed by atoms with Crippen molar-refractivity contribution < 1.29 is 12.8 Å². The minimum Gasteiger partial charge on any atom is -0.225 e. The maximum absolute atomic E-state index is 13.1. The number of halogens is 2. The van der Waals surface area contributed by atoms with E-state index in [0.717, 1.165) is 5.57 Å². The van der Waals surface area contributed by atoms with Gasteiger partial charge in [-0.2, -0.15) is 0 Å². The van der Waals surface area contributed by atoms with Gasteiger partial charge in [0.15, 0.2) is 0 Å². The number of hydrogen-bond donors (Lipinski definition) is 1. The maximum Gasteiger partial charge on any atom is 0.237 e. The fourth-order valence-corrected chi connectivity index (χ4v) is 2.27. The third kappa shape index (κ3) is 2.62. The highest BCUT2D eigenvalue weighted by molar-refractivity contribution is 9.09. The summed E-state index contributed by atoms with van der Waals surface area (Å²) in [5.41, 5.74) is 0.838. The van der Waals surface area contributed by atoms with Crippen molar-refractivity contribution in [3.8, 4) is 0 Å². The molecule has 0 aliphatic heterocycles. The van der Waals surface area contributed by atoms with Crippen molar-refractivity contribution in [3.63, 3.8) is 0 Å². The van der Waals surface area contributed by atoms with Gasteiger partial charge < -0.3 is 0 Å². The third-order valence-corrected chi connectivity index (χ3v) is 3.59. The second-order valence-corrected chi connectivity index (χ2v) is 4.90. The van der Waals surface area contributed by atoms with Crippen LogP contribution in [0, 0.1) is 0 Å². The third-order valence-electron chi connectivity index (χ3n) is 1.79. The first kappa shape index (κ1) is 10.9. The van der Waals surface area contributed by atoms with Crippen LogP contribution in [0.4, 0.5) is 4.39 Å². The first-order valence-corrected chi connectivity index (χ1v) is 6.29. The van der Waals surface area contributed by atoms with Crippen LogP contribution >= 0.6 is 15.9 Å². The molecule has 0 bridgehead atoms. The fourth-order valence-electron chi connectivity index (χ4n) is 1.11. The van der Waals surface area contributed by atoms with Crippen LogP contribution in [-0.2, 0) is 10.0 Å². The summed E-state index contributed by atoms with van der Waals surface area (Å²) < 4.78 is 34.8. The molecule has 1 aliphatic carbocycles. The lowest BCUT2D eigenvalue weighted by atomic mass is 10.1. The predicted octanol–water partition coefficient (Wildman–Crippen LogP) is 1.57. The zero-order valence-corrected chi connectivity index (χ0v) is 9.16. The Morgan fingerprint density at radius 1 is 1.54 bits per heavy atom. The molecule has 0 saturated heterocycles. The molecule has 0 saturated carbocycles. The first-order valence-electron chi connectivity index (χ1n) is 3.62. The molecule has 74 valence electrons. The van der Waals surface area contributed by atoms with Gasteiger partial charge in [-0.25, -0.2) is 17.9 Å². The highest BCUT2D eigenvalue weighted by Crippen LogP contribution is 2.27. The molecule has 0 radical (unpaired) electrons. The quantitative estimate of drug-likeness (QED) is 0.774. The van der Waals surface area contributed by atoms with E-state index in [-0.39, 0.29) is 11.3 Å². The van der Waals surface area contributed by atoms with Gasteiger partial charge in [0.05, 0.1) is 4.91 Å². The highest BCUT2D eigenvalue weighted by atomic mass is 79.9. The lowest BCUT2D eigenvalue weighted by Gasteiger charge is -2.12. The SMILES string of the molecule is NS(=O)(=O)C1=C(F)C=C(CBr)CC1. The predicted molar refractivity (Wildman–Crippen MR) is 52.4 cm³/mol. The van der Waals surface area contributed by atoms with Crippen molar-refractivity contribution >= 4 is 26.0 Å². The molecule has 3 nitrogen and oxygen atoms in total. The number of hydrogen-bond acceptors (Lipinski definition) is 2. The summed E-state index contributed by atoms with van der Waals surface area (Å²) >= 11 is 3.17. The van der Waals surface area contributed by atoms with Crippen molar-refractivity contribution in [3.05, 3.63) is 22.4 Å². The van der Waals surface area contributed by atoms with E-state index in [0.29, 0.717) is 11.8 Å². The molecule has 1 rings (SSSR count). The van der Waals surface area contributed by atoms with Crippen LogP contribution in [0.15, 0.2) is 22.4 Å². The van der Waals surface area contributed by atoms with E-state index in [1.54, 1.807) is 0 Å². The van der Waals surface area contributed by atoms with Crippen molar-refractivity contribution in [1.82, 2.24) is 0 Å². The summed E-state index contributed by atoms with van der Waals surface area (Å²) in [7, 11) is -3.86. The average Bonchev–Trinajstić information content (AvgIpc) is 2.01. The summed E-state index contributed by atoms with van der Waals surface area (Å²) in [6.45, 7) is 0. The van der Waals surface area contributed by atoms with Crippen molar-refractivity contribution in [2.24, 2.45) is 5.14 Å². The van der Waals surface area contributed by atoms with E-state index < -0.39 is 15.9 Å². The van der Waals surface area contributed by atoms with Gasteiger partial charge in [-0.1, -0.05) is 21.5 Å². The summed E-state index contributed by atoms with van der Waals surface area (Å²) in [5.74, 6) is -0.733. The van der Waals surface area contributed by atoms with Gasteiger partial charge in [-0.05, 0) is 18.9 Å². The number of alkyl halides is 1. The summed E-state index contributed by atoms with van der Waals surface area (Å²) in [6, 6.07) is 0. The van der Waals surface area contributed by atoms with E-state index in [2.05, 4.69) is 15.9 Å². The van der Waals surface area contributed by atoms with Crippen LogP contribution in [0.5, 0.6) is 0 Å². The van der Waals surface area contributed by atoms with Gasteiger partial charge in [0.2, 0.25) is 10.0 Å². The lowest BCUT2D eigenvalue weighted by Crippen LogP contribution is -2.17. The van der Waals surface area contributed by atoms with Gasteiger partial charge in [-0.15, -0.1) is 0 Å². The number of rotatable bonds is 2. The average molecular weight is 270 g/mol. The molecular weight excluding hydrogens is 261 g/mol. The number of sulfonamides is 1. The van der Waals surface area contributed by atoms with Crippen LogP contribution in [0.25, 0.3) is 0 Å². The summed E-state index contributed by atoms with van der Waals surface area (Å²) in [5, 5.41) is 5.37. The molecule has 2 N–H and O–H groups in total. The normalized spacial score (nSPS) is 18.8. The Balaban J connectivity index is 3.09. The Kier molecular flexibility index (Phi) is 3.26.